The normalized spacial score (nSPS) is 20.2. The molecule has 1 aliphatic heterocycles. The summed E-state index contributed by atoms with van der Waals surface area (Å²) in [4.78, 5) is 28.5. The molecule has 1 unspecified atom stereocenters. The summed E-state index contributed by atoms with van der Waals surface area (Å²) in [5, 5.41) is 9.81. The number of alkyl halides is 3. The van der Waals surface area contributed by atoms with Crippen molar-refractivity contribution in [2.24, 2.45) is 4.99 Å². The number of rotatable bonds is 8. The molecule has 6 nitrogen and oxygen atoms in total. The van der Waals surface area contributed by atoms with E-state index in [9.17, 15) is 18.0 Å². The first kappa shape index (κ1) is 33.5. The van der Waals surface area contributed by atoms with Crippen molar-refractivity contribution in [3.63, 3.8) is 0 Å². The van der Waals surface area contributed by atoms with Gasteiger partial charge in [-0.25, -0.2) is 0 Å². The van der Waals surface area contributed by atoms with Gasteiger partial charge in [0.25, 0.3) is 12.4 Å². The minimum atomic E-state index is -4.40. The van der Waals surface area contributed by atoms with Crippen LogP contribution in [0.2, 0.25) is 0 Å². The van der Waals surface area contributed by atoms with Crippen molar-refractivity contribution in [3.8, 4) is 0 Å². The van der Waals surface area contributed by atoms with Gasteiger partial charge < -0.3 is 15.3 Å². The molecule has 1 atom stereocenters. The molecule has 3 aromatic carbocycles. The van der Waals surface area contributed by atoms with Gasteiger partial charge in [0.2, 0.25) is 0 Å². The van der Waals surface area contributed by atoms with Gasteiger partial charge in [-0.3, -0.25) is 14.6 Å². The number of hydrogen-bond acceptors (Lipinski definition) is 4. The van der Waals surface area contributed by atoms with E-state index in [2.05, 4.69) is 48.0 Å². The molecule has 1 heterocycles. The van der Waals surface area contributed by atoms with E-state index >= 15 is 0 Å². The van der Waals surface area contributed by atoms with Crippen molar-refractivity contribution in [2.45, 2.75) is 76.2 Å². The number of halogens is 3. The fourth-order valence-corrected chi connectivity index (χ4v) is 6.47. The molecule has 1 spiro atoms. The maximum absolute atomic E-state index is 13.3. The molecule has 1 aliphatic carbocycles. The monoisotopic (exact) mass is 619 g/mol. The lowest BCUT2D eigenvalue weighted by molar-refractivity contribution is -0.137. The molecule has 45 heavy (non-hydrogen) atoms. The van der Waals surface area contributed by atoms with Crippen LogP contribution in [-0.2, 0) is 11.0 Å². The SMILES string of the molecule is C=C1C(c2ccc(C(F)(F)F)cc2)=NC2(CCC(c3ccccc3)CC2)N1C(CC)c1ccc(C(=O)NCCC)cc1.O=CO. The van der Waals surface area contributed by atoms with Crippen molar-refractivity contribution < 1.29 is 27.9 Å². The lowest BCUT2D eigenvalue weighted by Gasteiger charge is -2.47. The van der Waals surface area contributed by atoms with Crippen LogP contribution < -0.4 is 5.32 Å². The number of allylic oxidation sites excluding steroid dienone is 1. The van der Waals surface area contributed by atoms with Crippen molar-refractivity contribution in [3.05, 3.63) is 119 Å². The average molecular weight is 620 g/mol. The Balaban J connectivity index is 0.00000148. The lowest BCUT2D eigenvalue weighted by atomic mass is 9.77. The maximum Gasteiger partial charge on any atom is 0.416 e. The zero-order valence-corrected chi connectivity index (χ0v) is 25.7. The molecule has 9 heteroatoms. The van der Waals surface area contributed by atoms with E-state index in [1.165, 1.54) is 17.7 Å². The largest absolute Gasteiger partial charge is 0.483 e. The average Bonchev–Trinajstić information content (AvgIpc) is 3.32. The molecule has 1 fully saturated rings. The fourth-order valence-electron chi connectivity index (χ4n) is 6.47. The van der Waals surface area contributed by atoms with Crippen LogP contribution in [0.15, 0.2) is 96.1 Å². The molecule has 0 bridgehead atoms. The van der Waals surface area contributed by atoms with E-state index in [-0.39, 0.29) is 18.4 Å². The van der Waals surface area contributed by atoms with Crippen LogP contribution in [0, 0.1) is 0 Å². The highest BCUT2D eigenvalue weighted by molar-refractivity contribution is 6.13. The molecule has 0 aromatic heterocycles. The van der Waals surface area contributed by atoms with Crippen LogP contribution in [0.25, 0.3) is 0 Å². The van der Waals surface area contributed by atoms with Gasteiger partial charge in [-0.2, -0.15) is 13.2 Å². The third-order valence-electron chi connectivity index (χ3n) is 8.67. The number of nitrogens with one attached hydrogen (secondary N) is 1. The second-order valence-corrected chi connectivity index (χ2v) is 11.4. The summed E-state index contributed by atoms with van der Waals surface area (Å²) in [6, 6.07) is 23.4. The Morgan fingerprint density at radius 3 is 2.18 bits per heavy atom. The Morgan fingerprint density at radius 1 is 1.04 bits per heavy atom. The number of carbonyl (C=O) groups is 2. The summed E-state index contributed by atoms with van der Waals surface area (Å²) >= 11 is 0. The highest BCUT2D eigenvalue weighted by Crippen LogP contribution is 2.51. The predicted molar refractivity (Wildman–Crippen MR) is 170 cm³/mol. The van der Waals surface area contributed by atoms with Crippen LogP contribution in [0.4, 0.5) is 13.2 Å². The highest BCUT2D eigenvalue weighted by atomic mass is 19.4. The molecular formula is C36H40F3N3O3. The Hall–Kier alpha value is -4.40. The zero-order valence-electron chi connectivity index (χ0n) is 25.7. The first-order chi connectivity index (χ1) is 21.6. The first-order valence-electron chi connectivity index (χ1n) is 15.4. The Kier molecular flexibility index (Phi) is 10.9. The molecule has 238 valence electrons. The molecule has 1 amide bonds. The van der Waals surface area contributed by atoms with Crippen molar-refractivity contribution in [2.75, 3.05) is 6.54 Å². The number of aliphatic imine (C=N–C) groups is 1. The van der Waals surface area contributed by atoms with E-state index in [1.54, 1.807) is 0 Å². The van der Waals surface area contributed by atoms with Crippen LogP contribution in [0.3, 0.4) is 0 Å². The summed E-state index contributed by atoms with van der Waals surface area (Å²) in [7, 11) is 0. The number of carboxylic acid groups (broad SMARTS) is 1. The van der Waals surface area contributed by atoms with Crippen molar-refractivity contribution >= 4 is 18.1 Å². The molecule has 1 saturated carbocycles. The van der Waals surface area contributed by atoms with Gasteiger partial charge in [0.15, 0.2) is 0 Å². The Bertz CT molecular complexity index is 1480. The van der Waals surface area contributed by atoms with Gasteiger partial charge in [-0.05, 0) is 79.8 Å². The minimum Gasteiger partial charge on any atom is -0.483 e. The van der Waals surface area contributed by atoms with Gasteiger partial charge in [-0.15, -0.1) is 0 Å². The maximum atomic E-state index is 13.3. The number of benzene rings is 3. The van der Waals surface area contributed by atoms with Crippen LogP contribution in [0.1, 0.15) is 96.9 Å². The molecule has 3 aromatic rings. The third kappa shape index (κ3) is 7.47. The molecule has 2 aliphatic rings. The zero-order chi connectivity index (χ0) is 32.6. The van der Waals surface area contributed by atoms with E-state index in [1.807, 2.05) is 37.3 Å². The molecule has 0 radical (unpaired) electrons. The fraction of sp³-hybridized carbons (Fsp3) is 0.361. The van der Waals surface area contributed by atoms with Crippen LogP contribution in [0.5, 0.6) is 0 Å². The minimum absolute atomic E-state index is 0.0609. The summed E-state index contributed by atoms with van der Waals surface area (Å²) in [6.07, 6.45) is 0.763. The number of hydrogen-bond donors (Lipinski definition) is 2. The van der Waals surface area contributed by atoms with Gasteiger partial charge in [0, 0.05) is 17.7 Å². The standard InChI is InChI=1S/C35H38F3N3O.CH2O2/c1-4-23-39-33(42)29-13-11-27(12-14-29)31(5-2)41-24(3)32(28-15-17-30(18-16-28)35(36,37)38)40-34(41)21-19-26(20-22-34)25-9-7-6-8-10-25;2-1-3/h6-18,26,31H,3-5,19-23H2,1-2H3,(H,39,42);1H,(H,2,3). The lowest BCUT2D eigenvalue weighted by Crippen LogP contribution is -2.47. The van der Waals surface area contributed by atoms with Crippen LogP contribution in [-0.4, -0.2) is 40.3 Å². The van der Waals surface area contributed by atoms with Crippen LogP contribution >= 0.6 is 0 Å². The molecule has 0 saturated heterocycles. The number of nitrogens with zero attached hydrogens (tertiary/aromatic N) is 2. The third-order valence-corrected chi connectivity index (χ3v) is 8.67. The topological polar surface area (TPSA) is 82.0 Å². The summed E-state index contributed by atoms with van der Waals surface area (Å²) < 4.78 is 39.9. The smallest absolute Gasteiger partial charge is 0.416 e. The summed E-state index contributed by atoms with van der Waals surface area (Å²) in [5.41, 5.74) is 3.78. The highest BCUT2D eigenvalue weighted by Gasteiger charge is 2.49. The molecule has 2 N–H and O–H groups in total. The summed E-state index contributed by atoms with van der Waals surface area (Å²) in [5.74, 6) is 0.337. The number of carbonyl (C=O) groups excluding carboxylic acids is 1. The number of amides is 1. The second kappa shape index (κ2) is 14.6. The molecular weight excluding hydrogens is 579 g/mol. The van der Waals surface area contributed by atoms with E-state index in [0.29, 0.717) is 29.3 Å². The van der Waals surface area contributed by atoms with Crippen molar-refractivity contribution in [1.29, 1.82) is 0 Å². The summed E-state index contributed by atoms with van der Waals surface area (Å²) in [6.45, 7) is 8.99. The van der Waals surface area contributed by atoms with E-state index < -0.39 is 17.4 Å². The quantitative estimate of drug-likeness (QED) is 0.248. The first-order valence-corrected chi connectivity index (χ1v) is 15.4. The van der Waals surface area contributed by atoms with Crippen molar-refractivity contribution in [1.82, 2.24) is 10.2 Å². The van der Waals surface area contributed by atoms with E-state index in [4.69, 9.17) is 14.9 Å². The molecule has 5 rings (SSSR count). The van der Waals surface area contributed by atoms with Gasteiger partial charge >= 0.3 is 6.18 Å². The van der Waals surface area contributed by atoms with Gasteiger partial charge in [0.05, 0.1) is 23.0 Å². The second-order valence-electron chi connectivity index (χ2n) is 11.4. The van der Waals surface area contributed by atoms with Gasteiger partial charge in [0.1, 0.15) is 5.66 Å². The van der Waals surface area contributed by atoms with Gasteiger partial charge in [-0.1, -0.05) is 75.0 Å². The predicted octanol–water partition coefficient (Wildman–Crippen LogP) is 8.37. The Labute approximate surface area is 262 Å². The van der Waals surface area contributed by atoms with E-state index in [0.717, 1.165) is 61.9 Å². The Morgan fingerprint density at radius 2 is 1.64 bits per heavy atom.